The van der Waals surface area contributed by atoms with Crippen LogP contribution >= 0.6 is 0 Å². The Morgan fingerprint density at radius 2 is 1.90 bits per heavy atom. The maximum absolute atomic E-state index is 12.9. The van der Waals surface area contributed by atoms with E-state index < -0.39 is 11.7 Å². The quantitative estimate of drug-likeness (QED) is 0.641. The van der Waals surface area contributed by atoms with Gasteiger partial charge in [-0.2, -0.15) is 13.2 Å². The Morgan fingerprint density at radius 1 is 1.25 bits per heavy atom. The molecule has 0 amide bonds. The minimum absolute atomic E-state index is 0.00802. The van der Waals surface area contributed by atoms with Crippen LogP contribution in [-0.4, -0.2) is 30.3 Å². The maximum atomic E-state index is 12.9. The van der Waals surface area contributed by atoms with Gasteiger partial charge in [0, 0.05) is 13.1 Å². The summed E-state index contributed by atoms with van der Waals surface area (Å²) >= 11 is 0. The van der Waals surface area contributed by atoms with Crippen molar-refractivity contribution >= 4 is 11.6 Å². The summed E-state index contributed by atoms with van der Waals surface area (Å²) < 4.78 is 44.3. The molecular weight excluding hydrogens is 273 g/mol. The number of hydrazine groups is 1. The van der Waals surface area contributed by atoms with Gasteiger partial charge in [-0.3, -0.25) is 0 Å². The molecule has 5 nitrogen and oxygen atoms in total. The van der Waals surface area contributed by atoms with Crippen LogP contribution in [-0.2, 0) is 10.9 Å². The van der Waals surface area contributed by atoms with E-state index in [1.165, 1.54) is 0 Å². The number of aromatic nitrogens is 1. The van der Waals surface area contributed by atoms with Gasteiger partial charge in [-0.15, -0.1) is 0 Å². The smallest absolute Gasteiger partial charge is 0.371 e. The molecule has 2 unspecified atom stereocenters. The number of hydrogen-bond donors (Lipinski definition) is 2. The lowest BCUT2D eigenvalue weighted by atomic mass is 10.2. The number of nitrogens with zero attached hydrogens (tertiary/aromatic N) is 2. The molecule has 8 heteroatoms. The van der Waals surface area contributed by atoms with Gasteiger partial charge in [0.2, 0.25) is 0 Å². The van der Waals surface area contributed by atoms with Gasteiger partial charge in [-0.1, -0.05) is 0 Å². The highest BCUT2D eigenvalue weighted by Crippen LogP contribution is 2.35. The molecule has 3 rings (SSSR count). The molecule has 0 saturated carbocycles. The Labute approximate surface area is 113 Å². The number of alkyl halides is 3. The summed E-state index contributed by atoms with van der Waals surface area (Å²) in [6.45, 7) is 1.13. The second-order valence-corrected chi connectivity index (χ2v) is 5.10. The highest BCUT2D eigenvalue weighted by Gasteiger charge is 2.36. The average molecular weight is 288 g/mol. The van der Waals surface area contributed by atoms with E-state index in [2.05, 4.69) is 10.4 Å². The molecular formula is C12H15F3N4O. The normalized spacial score (nSPS) is 25.9. The zero-order valence-corrected chi connectivity index (χ0v) is 10.7. The first-order chi connectivity index (χ1) is 9.45. The van der Waals surface area contributed by atoms with Gasteiger partial charge in [0.1, 0.15) is 11.6 Å². The number of hydrogen-bond acceptors (Lipinski definition) is 5. The molecule has 2 atom stereocenters. The molecule has 1 aromatic rings. The molecule has 2 aliphatic rings. The molecule has 2 aliphatic heterocycles. The first-order valence-electron chi connectivity index (χ1n) is 6.42. The highest BCUT2D eigenvalue weighted by atomic mass is 19.4. The van der Waals surface area contributed by atoms with E-state index in [1.54, 1.807) is 0 Å². The molecule has 110 valence electrons. The Bertz CT molecular complexity index is 496. The van der Waals surface area contributed by atoms with E-state index in [1.807, 2.05) is 4.90 Å². The molecule has 0 radical (unpaired) electrons. The summed E-state index contributed by atoms with van der Waals surface area (Å²) in [5.41, 5.74) is 1.43. The minimum Gasteiger partial charge on any atom is -0.371 e. The number of rotatable bonds is 2. The Morgan fingerprint density at radius 3 is 2.45 bits per heavy atom. The number of ether oxygens (including phenoxy) is 1. The summed E-state index contributed by atoms with van der Waals surface area (Å²) in [6, 6.07) is 1.96. The van der Waals surface area contributed by atoms with Crippen LogP contribution in [0.15, 0.2) is 12.1 Å². The van der Waals surface area contributed by atoms with Crippen molar-refractivity contribution in [3.05, 3.63) is 17.7 Å². The average Bonchev–Trinajstić information content (AvgIpc) is 2.76. The van der Waals surface area contributed by atoms with E-state index in [4.69, 9.17) is 10.6 Å². The monoisotopic (exact) mass is 288 g/mol. The third-order valence-corrected chi connectivity index (χ3v) is 3.65. The molecule has 3 N–H and O–H groups in total. The van der Waals surface area contributed by atoms with Gasteiger partial charge in [0.05, 0.1) is 17.8 Å². The van der Waals surface area contributed by atoms with Crippen LogP contribution < -0.4 is 16.2 Å². The Hall–Kier alpha value is -1.54. The van der Waals surface area contributed by atoms with Crippen LogP contribution in [0.1, 0.15) is 18.4 Å². The summed E-state index contributed by atoms with van der Waals surface area (Å²) in [6.07, 6.45) is -2.36. The lowest BCUT2D eigenvalue weighted by Crippen LogP contribution is -2.43. The molecule has 3 heterocycles. The van der Waals surface area contributed by atoms with Crippen molar-refractivity contribution < 1.29 is 17.9 Å². The number of anilines is 2. The van der Waals surface area contributed by atoms with Gasteiger partial charge in [-0.05, 0) is 25.0 Å². The second kappa shape index (κ2) is 4.78. The summed E-state index contributed by atoms with van der Waals surface area (Å²) in [7, 11) is 0. The number of nitrogens with two attached hydrogens (primary N) is 1. The molecule has 2 saturated heterocycles. The SMILES string of the molecule is NNc1cc(C(F)(F)F)cc(N2CC3CCC(C2)O3)n1. The van der Waals surface area contributed by atoms with Crippen molar-refractivity contribution in [3.8, 4) is 0 Å². The molecule has 2 bridgehead atoms. The van der Waals surface area contributed by atoms with Crippen LogP contribution in [0.3, 0.4) is 0 Å². The molecule has 1 aromatic heterocycles. The number of halogens is 3. The largest absolute Gasteiger partial charge is 0.416 e. The summed E-state index contributed by atoms with van der Waals surface area (Å²) in [5, 5.41) is 0. The lowest BCUT2D eigenvalue weighted by molar-refractivity contribution is -0.137. The zero-order valence-electron chi connectivity index (χ0n) is 10.7. The number of nitrogen functional groups attached to an aromatic ring is 1. The molecule has 0 spiro atoms. The third-order valence-electron chi connectivity index (χ3n) is 3.65. The zero-order chi connectivity index (χ0) is 14.3. The Balaban J connectivity index is 1.92. The lowest BCUT2D eigenvalue weighted by Gasteiger charge is -2.33. The van der Waals surface area contributed by atoms with E-state index in [9.17, 15) is 13.2 Å². The van der Waals surface area contributed by atoms with Crippen LogP contribution in [0.5, 0.6) is 0 Å². The molecule has 20 heavy (non-hydrogen) atoms. The van der Waals surface area contributed by atoms with Crippen molar-refractivity contribution in [2.75, 3.05) is 23.4 Å². The highest BCUT2D eigenvalue weighted by molar-refractivity contribution is 5.51. The fourth-order valence-corrected chi connectivity index (χ4v) is 2.72. The van der Waals surface area contributed by atoms with Crippen LogP contribution in [0, 0.1) is 0 Å². The first kappa shape index (κ1) is 13.4. The van der Waals surface area contributed by atoms with Gasteiger partial charge in [0.25, 0.3) is 0 Å². The molecule has 0 aliphatic carbocycles. The van der Waals surface area contributed by atoms with Crippen LogP contribution in [0.2, 0.25) is 0 Å². The van der Waals surface area contributed by atoms with E-state index in [0.717, 1.165) is 25.0 Å². The van der Waals surface area contributed by atoms with Crippen molar-refractivity contribution in [3.63, 3.8) is 0 Å². The van der Waals surface area contributed by atoms with E-state index in [0.29, 0.717) is 13.1 Å². The predicted molar refractivity (Wildman–Crippen MR) is 67.2 cm³/mol. The summed E-state index contributed by atoms with van der Waals surface area (Å²) in [4.78, 5) is 5.96. The fraction of sp³-hybridized carbons (Fsp3) is 0.583. The number of morpholine rings is 1. The van der Waals surface area contributed by atoms with Gasteiger partial charge in [0.15, 0.2) is 0 Å². The van der Waals surface area contributed by atoms with Crippen molar-refractivity contribution in [2.24, 2.45) is 5.84 Å². The van der Waals surface area contributed by atoms with Gasteiger partial charge < -0.3 is 15.1 Å². The van der Waals surface area contributed by atoms with Gasteiger partial charge >= 0.3 is 6.18 Å². The number of fused-ring (bicyclic) bond motifs is 2. The molecule has 2 fully saturated rings. The fourth-order valence-electron chi connectivity index (χ4n) is 2.72. The Kier molecular flexibility index (Phi) is 3.21. The van der Waals surface area contributed by atoms with E-state index >= 15 is 0 Å². The van der Waals surface area contributed by atoms with Gasteiger partial charge in [-0.25, -0.2) is 10.8 Å². The van der Waals surface area contributed by atoms with Crippen molar-refractivity contribution in [1.29, 1.82) is 0 Å². The first-order valence-corrected chi connectivity index (χ1v) is 6.42. The number of nitrogens with one attached hydrogen (secondary N) is 1. The van der Waals surface area contributed by atoms with Crippen molar-refractivity contribution in [2.45, 2.75) is 31.2 Å². The number of pyridine rings is 1. The second-order valence-electron chi connectivity index (χ2n) is 5.10. The molecule has 0 aromatic carbocycles. The third kappa shape index (κ3) is 2.53. The van der Waals surface area contributed by atoms with Crippen LogP contribution in [0.4, 0.5) is 24.8 Å². The predicted octanol–water partition coefficient (Wildman–Crippen LogP) is 1.75. The summed E-state index contributed by atoms with van der Waals surface area (Å²) in [5.74, 6) is 5.50. The van der Waals surface area contributed by atoms with Crippen molar-refractivity contribution in [1.82, 2.24) is 4.98 Å². The topological polar surface area (TPSA) is 63.4 Å². The minimum atomic E-state index is -4.42. The van der Waals surface area contributed by atoms with Crippen LogP contribution in [0.25, 0.3) is 0 Å². The maximum Gasteiger partial charge on any atom is 0.416 e. The standard InChI is InChI=1S/C12H15F3N4O/c13-12(14,15)7-3-10(18-16)17-11(4-7)19-5-8-1-2-9(6-19)20-8/h3-4,8-9H,1-2,5-6,16H2,(H,17,18). The van der Waals surface area contributed by atoms with E-state index in [-0.39, 0.29) is 23.8 Å².